The molecule has 0 fully saturated rings. The molecule has 0 aromatic heterocycles. The first-order chi connectivity index (χ1) is 14.7. The first-order valence-corrected chi connectivity index (χ1v) is 11.7. The van der Waals surface area contributed by atoms with Crippen LogP contribution in [0.2, 0.25) is 0 Å². The molecule has 1 atom stereocenters. The van der Waals surface area contributed by atoms with Crippen molar-refractivity contribution in [3.8, 4) is 5.75 Å². The number of amides is 1. The van der Waals surface area contributed by atoms with Crippen molar-refractivity contribution >= 4 is 21.6 Å². The Morgan fingerprint density at radius 2 is 1.52 bits per heavy atom. The minimum absolute atomic E-state index is 0.156. The van der Waals surface area contributed by atoms with E-state index in [1.54, 1.807) is 24.3 Å². The monoisotopic (exact) mass is 438 g/mol. The molecule has 0 heterocycles. The van der Waals surface area contributed by atoms with E-state index in [1.165, 1.54) is 11.4 Å². The summed E-state index contributed by atoms with van der Waals surface area (Å²) < 4.78 is 30.0. The average molecular weight is 439 g/mol. The topological polar surface area (TPSA) is 75.7 Å². The summed E-state index contributed by atoms with van der Waals surface area (Å²) in [6, 6.07) is 24.1. The summed E-state index contributed by atoms with van der Waals surface area (Å²) in [6.45, 7) is 1.86. The van der Waals surface area contributed by atoms with E-state index in [1.807, 2.05) is 61.5 Å². The van der Waals surface area contributed by atoms with E-state index in [-0.39, 0.29) is 18.6 Å². The Morgan fingerprint density at radius 3 is 2.10 bits per heavy atom. The molecule has 7 heteroatoms. The van der Waals surface area contributed by atoms with E-state index in [2.05, 4.69) is 5.32 Å². The molecular weight excluding hydrogens is 412 g/mol. The summed E-state index contributed by atoms with van der Waals surface area (Å²) in [6.07, 6.45) is 1.14. The molecule has 6 nitrogen and oxygen atoms in total. The molecule has 1 N–H and O–H groups in total. The number of hydrogen-bond acceptors (Lipinski definition) is 4. The van der Waals surface area contributed by atoms with Crippen LogP contribution in [-0.2, 0) is 14.8 Å². The normalized spacial score (nSPS) is 12.1. The van der Waals surface area contributed by atoms with Crippen molar-refractivity contribution in [1.82, 2.24) is 5.32 Å². The number of benzene rings is 3. The van der Waals surface area contributed by atoms with Crippen molar-refractivity contribution < 1.29 is 17.9 Å². The van der Waals surface area contributed by atoms with Crippen molar-refractivity contribution in [2.45, 2.75) is 13.0 Å². The van der Waals surface area contributed by atoms with Gasteiger partial charge in [0.25, 0.3) is 5.91 Å². The van der Waals surface area contributed by atoms with Gasteiger partial charge in [0.1, 0.15) is 5.75 Å². The van der Waals surface area contributed by atoms with Crippen LogP contribution in [0, 0.1) is 6.92 Å². The molecule has 3 rings (SSSR count). The van der Waals surface area contributed by atoms with Crippen molar-refractivity contribution in [3.05, 3.63) is 95.6 Å². The lowest BCUT2D eigenvalue weighted by Crippen LogP contribution is -2.33. The van der Waals surface area contributed by atoms with Crippen molar-refractivity contribution in [2.24, 2.45) is 0 Å². The van der Waals surface area contributed by atoms with Crippen LogP contribution in [0.3, 0.4) is 0 Å². The van der Waals surface area contributed by atoms with Gasteiger partial charge in [0.15, 0.2) is 6.61 Å². The van der Waals surface area contributed by atoms with E-state index in [0.717, 1.165) is 22.9 Å². The molecule has 3 aromatic carbocycles. The van der Waals surface area contributed by atoms with Crippen molar-refractivity contribution in [2.75, 3.05) is 24.2 Å². The fourth-order valence-corrected chi connectivity index (χ4v) is 3.56. The second kappa shape index (κ2) is 9.66. The predicted octanol–water partition coefficient (Wildman–Crippen LogP) is 3.68. The largest absolute Gasteiger partial charge is 0.484 e. The van der Waals surface area contributed by atoms with Crippen molar-refractivity contribution in [1.29, 1.82) is 0 Å². The SMILES string of the molecule is Cc1ccc(C(NC(=O)COc2ccc(N(C)S(C)(=O)=O)cc2)c2ccccc2)cc1. The Morgan fingerprint density at radius 1 is 0.935 bits per heavy atom. The minimum atomic E-state index is -3.34. The smallest absolute Gasteiger partial charge is 0.258 e. The fraction of sp³-hybridized carbons (Fsp3) is 0.208. The summed E-state index contributed by atoms with van der Waals surface area (Å²) >= 11 is 0. The number of nitrogens with one attached hydrogen (secondary N) is 1. The van der Waals surface area contributed by atoms with Crippen LogP contribution in [0.15, 0.2) is 78.9 Å². The van der Waals surface area contributed by atoms with E-state index in [4.69, 9.17) is 4.74 Å². The van der Waals surface area contributed by atoms with Gasteiger partial charge in [0.05, 0.1) is 18.0 Å². The molecule has 0 saturated carbocycles. The Hall–Kier alpha value is -3.32. The third-order valence-corrected chi connectivity index (χ3v) is 6.12. The standard InChI is InChI=1S/C24H26N2O4S/c1-18-9-11-20(12-10-18)24(19-7-5-4-6-8-19)25-23(27)17-30-22-15-13-21(14-16-22)26(2)31(3,28)29/h4-16,24H,17H2,1-3H3,(H,25,27). The number of nitrogens with zero attached hydrogens (tertiary/aromatic N) is 1. The molecule has 3 aromatic rings. The lowest BCUT2D eigenvalue weighted by molar-refractivity contribution is -0.123. The van der Waals surface area contributed by atoms with Crippen molar-refractivity contribution in [3.63, 3.8) is 0 Å². The van der Waals surface area contributed by atoms with Gasteiger partial charge in [-0.1, -0.05) is 60.2 Å². The molecule has 31 heavy (non-hydrogen) atoms. The maximum Gasteiger partial charge on any atom is 0.258 e. The highest BCUT2D eigenvalue weighted by Crippen LogP contribution is 2.23. The quantitative estimate of drug-likeness (QED) is 0.582. The van der Waals surface area contributed by atoms with Crippen LogP contribution < -0.4 is 14.4 Å². The number of aryl methyl sites for hydroxylation is 1. The molecule has 162 valence electrons. The van der Waals surface area contributed by atoms with Gasteiger partial charge in [0, 0.05) is 7.05 Å². The second-order valence-electron chi connectivity index (χ2n) is 7.33. The zero-order chi connectivity index (χ0) is 22.4. The number of hydrogen-bond donors (Lipinski definition) is 1. The molecule has 0 bridgehead atoms. The van der Waals surface area contributed by atoms with Gasteiger partial charge in [-0.15, -0.1) is 0 Å². The molecule has 0 aliphatic heterocycles. The maximum atomic E-state index is 12.6. The van der Waals surface area contributed by atoms with E-state index in [9.17, 15) is 13.2 Å². The Bertz CT molecular complexity index is 1110. The molecule has 1 unspecified atom stereocenters. The highest BCUT2D eigenvalue weighted by Gasteiger charge is 2.17. The maximum absolute atomic E-state index is 12.6. The zero-order valence-electron chi connectivity index (χ0n) is 17.8. The van der Waals surface area contributed by atoms with Gasteiger partial charge in [-0.05, 0) is 42.3 Å². The zero-order valence-corrected chi connectivity index (χ0v) is 18.6. The number of ether oxygens (including phenoxy) is 1. The second-order valence-corrected chi connectivity index (χ2v) is 9.35. The number of sulfonamides is 1. The van der Waals surface area contributed by atoms with Crippen LogP contribution >= 0.6 is 0 Å². The number of carbonyl (C=O) groups is 1. The van der Waals surface area contributed by atoms with E-state index < -0.39 is 10.0 Å². The number of anilines is 1. The van der Waals surface area contributed by atoms with Gasteiger partial charge >= 0.3 is 0 Å². The molecule has 0 saturated heterocycles. The van der Waals surface area contributed by atoms with Crippen LogP contribution in [0.5, 0.6) is 5.75 Å². The van der Waals surface area contributed by atoms with Crippen LogP contribution in [-0.4, -0.2) is 34.2 Å². The lowest BCUT2D eigenvalue weighted by Gasteiger charge is -2.20. The molecule has 0 spiro atoms. The van der Waals surface area contributed by atoms with Gasteiger partial charge in [-0.3, -0.25) is 9.10 Å². The van der Waals surface area contributed by atoms with E-state index >= 15 is 0 Å². The van der Waals surface area contributed by atoms with Gasteiger partial charge < -0.3 is 10.1 Å². The molecule has 0 radical (unpaired) electrons. The summed E-state index contributed by atoms with van der Waals surface area (Å²) in [5.41, 5.74) is 3.63. The number of rotatable bonds is 8. The van der Waals surface area contributed by atoms with Crippen LogP contribution in [0.4, 0.5) is 5.69 Å². The summed E-state index contributed by atoms with van der Waals surface area (Å²) in [4.78, 5) is 12.6. The molecule has 0 aliphatic rings. The molecule has 0 aliphatic carbocycles. The average Bonchev–Trinajstić information content (AvgIpc) is 2.76. The summed E-state index contributed by atoms with van der Waals surface area (Å²) in [7, 11) is -1.86. The molecular formula is C24H26N2O4S. The third kappa shape index (κ3) is 6.08. The van der Waals surface area contributed by atoms with Gasteiger partial charge in [-0.2, -0.15) is 0 Å². The first kappa shape index (κ1) is 22.4. The lowest BCUT2D eigenvalue weighted by atomic mass is 9.98. The van der Waals surface area contributed by atoms with E-state index in [0.29, 0.717) is 11.4 Å². The van der Waals surface area contributed by atoms with Gasteiger partial charge in [-0.25, -0.2) is 8.42 Å². The third-order valence-electron chi connectivity index (χ3n) is 4.92. The summed E-state index contributed by atoms with van der Waals surface area (Å²) in [5, 5.41) is 3.04. The number of carbonyl (C=O) groups excluding carboxylic acids is 1. The fourth-order valence-electron chi connectivity index (χ4n) is 3.06. The summed E-state index contributed by atoms with van der Waals surface area (Å²) in [5.74, 6) is 0.221. The molecule has 1 amide bonds. The Kier molecular flexibility index (Phi) is 6.97. The first-order valence-electron chi connectivity index (χ1n) is 9.81. The Labute approximate surface area is 183 Å². The highest BCUT2D eigenvalue weighted by molar-refractivity contribution is 7.92. The minimum Gasteiger partial charge on any atom is -0.484 e. The van der Waals surface area contributed by atoms with Crippen LogP contribution in [0.1, 0.15) is 22.7 Å². The highest BCUT2D eigenvalue weighted by atomic mass is 32.2. The predicted molar refractivity (Wildman–Crippen MR) is 123 cm³/mol. The van der Waals surface area contributed by atoms with Crippen LogP contribution in [0.25, 0.3) is 0 Å². The van der Waals surface area contributed by atoms with Gasteiger partial charge in [0.2, 0.25) is 10.0 Å². The Balaban J connectivity index is 1.67.